The van der Waals surface area contributed by atoms with Crippen molar-refractivity contribution in [3.8, 4) is 0 Å². The number of aliphatic hydroxyl groups is 1. The van der Waals surface area contributed by atoms with Crippen molar-refractivity contribution in [2.24, 2.45) is 23.7 Å². The van der Waals surface area contributed by atoms with Gasteiger partial charge in [0.1, 0.15) is 11.8 Å². The summed E-state index contributed by atoms with van der Waals surface area (Å²) in [6.07, 6.45) is 4.94. The molecule has 1 heterocycles. The van der Waals surface area contributed by atoms with Crippen LogP contribution in [0.4, 0.5) is 4.39 Å². The van der Waals surface area contributed by atoms with Crippen molar-refractivity contribution >= 4 is 17.7 Å². The van der Waals surface area contributed by atoms with Crippen LogP contribution >= 0.6 is 0 Å². The SMILES string of the molecule is C=C(C)NC(=O)C1CCC(F)C(C2CCC(C(=O)N3CCN(C(=O)C4(O)CC4)CC3)CC2)C1. The molecule has 8 heteroatoms. The third kappa shape index (κ3) is 5.42. The average Bonchev–Trinajstić information content (AvgIpc) is 3.56. The van der Waals surface area contributed by atoms with Crippen LogP contribution in [0.2, 0.25) is 0 Å². The smallest absolute Gasteiger partial charge is 0.254 e. The van der Waals surface area contributed by atoms with Crippen LogP contribution in [0.25, 0.3) is 0 Å². The molecule has 3 unspecified atom stereocenters. The number of allylic oxidation sites excluding steroid dienone is 1. The highest BCUT2D eigenvalue weighted by Crippen LogP contribution is 2.43. The average molecular weight is 464 g/mol. The molecule has 3 saturated carbocycles. The summed E-state index contributed by atoms with van der Waals surface area (Å²) >= 11 is 0. The Bertz CT molecular complexity index is 783. The lowest BCUT2D eigenvalue weighted by Gasteiger charge is -2.41. The minimum Gasteiger partial charge on any atom is -0.380 e. The van der Waals surface area contributed by atoms with Gasteiger partial charge in [0.15, 0.2) is 0 Å². The van der Waals surface area contributed by atoms with E-state index < -0.39 is 11.8 Å². The summed E-state index contributed by atoms with van der Waals surface area (Å²) in [5.41, 5.74) is -0.533. The van der Waals surface area contributed by atoms with Crippen molar-refractivity contribution in [2.75, 3.05) is 26.2 Å². The fraction of sp³-hybridized carbons (Fsp3) is 0.800. The van der Waals surface area contributed by atoms with E-state index in [1.54, 1.807) is 11.8 Å². The van der Waals surface area contributed by atoms with Crippen molar-refractivity contribution < 1.29 is 23.9 Å². The van der Waals surface area contributed by atoms with Gasteiger partial charge in [0.25, 0.3) is 5.91 Å². The molecule has 0 bridgehead atoms. The zero-order chi connectivity index (χ0) is 23.8. The Kier molecular flexibility index (Phi) is 7.12. The molecule has 33 heavy (non-hydrogen) atoms. The first kappa shape index (κ1) is 24.2. The van der Waals surface area contributed by atoms with E-state index in [9.17, 15) is 23.9 Å². The van der Waals surface area contributed by atoms with Crippen LogP contribution in [0.15, 0.2) is 12.3 Å². The number of rotatable bonds is 5. The van der Waals surface area contributed by atoms with Crippen LogP contribution in [-0.2, 0) is 14.4 Å². The third-order valence-electron chi connectivity index (χ3n) is 8.25. The van der Waals surface area contributed by atoms with E-state index >= 15 is 0 Å². The van der Waals surface area contributed by atoms with Gasteiger partial charge in [0, 0.05) is 43.7 Å². The molecular formula is C25H38FN3O4. The predicted octanol–water partition coefficient (Wildman–Crippen LogP) is 2.39. The minimum atomic E-state index is -1.15. The molecule has 3 amide bonds. The van der Waals surface area contributed by atoms with Crippen molar-refractivity contribution in [3.05, 3.63) is 12.3 Å². The Hall–Kier alpha value is -1.96. The van der Waals surface area contributed by atoms with Gasteiger partial charge in [0.2, 0.25) is 11.8 Å². The van der Waals surface area contributed by atoms with Gasteiger partial charge in [-0.15, -0.1) is 0 Å². The number of amides is 3. The molecule has 0 radical (unpaired) electrons. The minimum absolute atomic E-state index is 0.0414. The summed E-state index contributed by atoms with van der Waals surface area (Å²) in [7, 11) is 0. The lowest BCUT2D eigenvalue weighted by molar-refractivity contribution is -0.148. The first-order chi connectivity index (χ1) is 15.7. The molecular weight excluding hydrogens is 425 g/mol. The largest absolute Gasteiger partial charge is 0.380 e. The van der Waals surface area contributed by atoms with E-state index in [-0.39, 0.29) is 41.4 Å². The fourth-order valence-electron chi connectivity index (χ4n) is 6.02. The molecule has 2 N–H and O–H groups in total. The number of nitrogens with zero attached hydrogens (tertiary/aromatic N) is 2. The Morgan fingerprint density at radius 1 is 0.939 bits per heavy atom. The number of halogens is 1. The molecule has 0 aromatic rings. The highest BCUT2D eigenvalue weighted by molar-refractivity contribution is 5.88. The summed E-state index contributed by atoms with van der Waals surface area (Å²) in [4.78, 5) is 41.3. The van der Waals surface area contributed by atoms with E-state index in [1.807, 2.05) is 4.90 Å². The molecule has 184 valence electrons. The summed E-state index contributed by atoms with van der Waals surface area (Å²) < 4.78 is 14.8. The number of hydrogen-bond donors (Lipinski definition) is 2. The molecule has 0 spiro atoms. The third-order valence-corrected chi connectivity index (χ3v) is 8.25. The highest BCUT2D eigenvalue weighted by atomic mass is 19.1. The second-order valence-corrected chi connectivity index (χ2v) is 10.7. The van der Waals surface area contributed by atoms with E-state index in [2.05, 4.69) is 11.9 Å². The number of alkyl halides is 1. The zero-order valence-electron chi connectivity index (χ0n) is 19.7. The van der Waals surface area contributed by atoms with Crippen LogP contribution in [0.1, 0.15) is 64.7 Å². The number of hydrogen-bond acceptors (Lipinski definition) is 4. The quantitative estimate of drug-likeness (QED) is 0.655. The molecule has 3 atom stereocenters. The lowest BCUT2D eigenvalue weighted by atomic mass is 9.67. The molecule has 4 fully saturated rings. The first-order valence-electron chi connectivity index (χ1n) is 12.6. The summed E-state index contributed by atoms with van der Waals surface area (Å²) in [6, 6.07) is 0. The Morgan fingerprint density at radius 3 is 2.09 bits per heavy atom. The van der Waals surface area contributed by atoms with Gasteiger partial charge in [-0.05, 0) is 76.5 Å². The second kappa shape index (κ2) is 9.72. The first-order valence-corrected chi connectivity index (χ1v) is 12.6. The Morgan fingerprint density at radius 2 is 1.52 bits per heavy atom. The summed E-state index contributed by atoms with van der Waals surface area (Å²) in [6.45, 7) is 7.45. The monoisotopic (exact) mass is 463 g/mol. The topological polar surface area (TPSA) is 90.0 Å². The van der Waals surface area contributed by atoms with Gasteiger partial charge >= 0.3 is 0 Å². The summed E-state index contributed by atoms with van der Waals surface area (Å²) in [5.74, 6) is -0.194. The van der Waals surface area contributed by atoms with Crippen LogP contribution < -0.4 is 5.32 Å². The number of carbonyl (C=O) groups is 3. The van der Waals surface area contributed by atoms with Crippen LogP contribution in [0.3, 0.4) is 0 Å². The standard InChI is InChI=1S/C25H38FN3O4/c1-16(2)27-22(30)19-7-8-21(26)20(15-19)17-3-5-18(6-4-17)23(31)28-11-13-29(14-12-28)24(32)25(33)9-10-25/h17-21,33H,1,3-15H2,2H3,(H,27,30). The Balaban J connectivity index is 1.24. The normalized spacial score (nSPS) is 33.8. The van der Waals surface area contributed by atoms with Gasteiger partial charge in [-0.3, -0.25) is 14.4 Å². The maximum atomic E-state index is 14.8. The van der Waals surface area contributed by atoms with E-state index in [1.165, 1.54) is 0 Å². The van der Waals surface area contributed by atoms with Gasteiger partial charge in [-0.25, -0.2) is 4.39 Å². The van der Waals surface area contributed by atoms with Crippen molar-refractivity contribution in [1.29, 1.82) is 0 Å². The second-order valence-electron chi connectivity index (χ2n) is 10.7. The molecule has 7 nitrogen and oxygen atoms in total. The lowest BCUT2D eigenvalue weighted by Crippen LogP contribution is -2.54. The maximum absolute atomic E-state index is 14.8. The van der Waals surface area contributed by atoms with Crippen LogP contribution in [-0.4, -0.2) is 70.6 Å². The van der Waals surface area contributed by atoms with Gasteiger partial charge in [0.05, 0.1) is 0 Å². The van der Waals surface area contributed by atoms with Crippen LogP contribution in [0, 0.1) is 23.7 Å². The Labute approximate surface area is 195 Å². The van der Waals surface area contributed by atoms with Crippen molar-refractivity contribution in [1.82, 2.24) is 15.1 Å². The predicted molar refractivity (Wildman–Crippen MR) is 121 cm³/mol. The van der Waals surface area contributed by atoms with Crippen molar-refractivity contribution in [2.45, 2.75) is 76.5 Å². The molecule has 3 aliphatic carbocycles. The van der Waals surface area contributed by atoms with E-state index in [4.69, 9.17) is 0 Å². The number of piperazine rings is 1. The van der Waals surface area contributed by atoms with Crippen LogP contribution in [0.5, 0.6) is 0 Å². The van der Waals surface area contributed by atoms with Gasteiger partial charge in [-0.1, -0.05) is 6.58 Å². The van der Waals surface area contributed by atoms with Gasteiger partial charge < -0.3 is 20.2 Å². The fourth-order valence-corrected chi connectivity index (χ4v) is 6.02. The molecule has 1 saturated heterocycles. The summed E-state index contributed by atoms with van der Waals surface area (Å²) in [5, 5.41) is 12.8. The number of carbonyl (C=O) groups excluding carboxylic acids is 3. The maximum Gasteiger partial charge on any atom is 0.254 e. The van der Waals surface area contributed by atoms with E-state index in [0.717, 1.165) is 25.7 Å². The molecule has 0 aromatic heterocycles. The highest BCUT2D eigenvalue weighted by Gasteiger charge is 2.50. The molecule has 0 aromatic carbocycles. The molecule has 4 aliphatic rings. The van der Waals surface area contributed by atoms with Gasteiger partial charge in [-0.2, -0.15) is 0 Å². The van der Waals surface area contributed by atoms with Crippen molar-refractivity contribution in [3.63, 3.8) is 0 Å². The number of nitrogens with one attached hydrogen (secondary N) is 1. The van der Waals surface area contributed by atoms with E-state index in [0.29, 0.717) is 64.0 Å². The molecule has 1 aliphatic heterocycles. The molecule has 4 rings (SSSR count). The zero-order valence-corrected chi connectivity index (χ0v) is 19.7.